The van der Waals surface area contributed by atoms with Crippen LogP contribution in [0.1, 0.15) is 25.0 Å². The summed E-state index contributed by atoms with van der Waals surface area (Å²) in [5.41, 5.74) is 7.15. The number of anilines is 1. The quantitative estimate of drug-likeness (QED) is 0.829. The fourth-order valence-corrected chi connectivity index (χ4v) is 1.31. The van der Waals surface area contributed by atoms with E-state index in [9.17, 15) is 4.79 Å². The molecule has 0 aromatic heterocycles. The van der Waals surface area contributed by atoms with E-state index in [2.05, 4.69) is 11.4 Å². The molecule has 0 radical (unpaired) electrons. The lowest BCUT2D eigenvalue weighted by molar-refractivity contribution is -0.125. The van der Waals surface area contributed by atoms with Crippen molar-refractivity contribution in [3.63, 3.8) is 0 Å². The van der Waals surface area contributed by atoms with E-state index in [1.807, 2.05) is 19.1 Å². The highest BCUT2D eigenvalue weighted by molar-refractivity contribution is 5.80. The van der Waals surface area contributed by atoms with Gasteiger partial charge in [0.05, 0.1) is 17.0 Å². The molecule has 0 aliphatic heterocycles. The molecule has 0 spiro atoms. The normalized spacial score (nSPS) is 10.7. The molecule has 0 fully saturated rings. The first kappa shape index (κ1) is 13.0. The van der Waals surface area contributed by atoms with Crippen molar-refractivity contribution < 1.29 is 4.79 Å². The molecule has 1 aromatic rings. The molecule has 17 heavy (non-hydrogen) atoms. The number of hydrogen-bond donors (Lipinski definition) is 2. The van der Waals surface area contributed by atoms with Crippen molar-refractivity contribution in [3.05, 3.63) is 29.3 Å². The van der Waals surface area contributed by atoms with Crippen LogP contribution in [0.5, 0.6) is 0 Å². The van der Waals surface area contributed by atoms with Gasteiger partial charge in [0.2, 0.25) is 5.91 Å². The second-order valence-electron chi connectivity index (χ2n) is 4.74. The van der Waals surface area contributed by atoms with Gasteiger partial charge in [-0.1, -0.05) is 0 Å². The molecule has 0 unspecified atom stereocenters. The van der Waals surface area contributed by atoms with E-state index in [1.54, 1.807) is 19.9 Å². The van der Waals surface area contributed by atoms with Crippen LogP contribution >= 0.6 is 0 Å². The lowest BCUT2D eigenvalue weighted by Gasteiger charge is -2.21. The third-order valence-corrected chi connectivity index (χ3v) is 2.75. The molecule has 0 saturated carbocycles. The summed E-state index contributed by atoms with van der Waals surface area (Å²) in [4.78, 5) is 11.1. The number of amides is 1. The number of nitrogens with one attached hydrogen (secondary N) is 1. The second kappa shape index (κ2) is 4.88. The largest absolute Gasteiger partial charge is 0.384 e. The Morgan fingerprint density at radius 2 is 2.18 bits per heavy atom. The fraction of sp³-hybridized carbons (Fsp3) is 0.385. The Balaban J connectivity index is 2.75. The van der Waals surface area contributed by atoms with Crippen LogP contribution in [0, 0.1) is 23.7 Å². The van der Waals surface area contributed by atoms with E-state index in [-0.39, 0.29) is 5.91 Å². The smallest absolute Gasteiger partial charge is 0.224 e. The van der Waals surface area contributed by atoms with Crippen LogP contribution in [-0.4, -0.2) is 12.5 Å². The number of nitrogens with two attached hydrogens (primary N) is 1. The predicted octanol–water partition coefficient (Wildman–Crippen LogP) is 1.79. The summed E-state index contributed by atoms with van der Waals surface area (Å²) in [5, 5.41) is 12.0. The van der Waals surface area contributed by atoms with Crippen molar-refractivity contribution in [2.75, 3.05) is 11.9 Å². The highest BCUT2D eigenvalue weighted by Gasteiger charge is 2.24. The number of benzene rings is 1. The first-order valence-electron chi connectivity index (χ1n) is 5.41. The first-order valence-corrected chi connectivity index (χ1v) is 5.41. The molecular weight excluding hydrogens is 214 g/mol. The maximum Gasteiger partial charge on any atom is 0.224 e. The molecule has 1 amide bonds. The van der Waals surface area contributed by atoms with Gasteiger partial charge < -0.3 is 11.1 Å². The van der Waals surface area contributed by atoms with E-state index < -0.39 is 5.41 Å². The van der Waals surface area contributed by atoms with Crippen LogP contribution in [0.3, 0.4) is 0 Å². The SMILES string of the molecule is Cc1cc(NCC(C)(C)C(N)=O)ccc1C#N. The predicted molar refractivity (Wildman–Crippen MR) is 67.4 cm³/mol. The third kappa shape index (κ3) is 3.22. The van der Waals surface area contributed by atoms with Gasteiger partial charge in [0, 0.05) is 12.2 Å². The second-order valence-corrected chi connectivity index (χ2v) is 4.74. The summed E-state index contributed by atoms with van der Waals surface area (Å²) in [5.74, 6) is -0.338. The van der Waals surface area contributed by atoms with Gasteiger partial charge >= 0.3 is 0 Å². The minimum absolute atomic E-state index is 0.338. The molecule has 1 rings (SSSR count). The van der Waals surface area contributed by atoms with Crippen molar-refractivity contribution in [1.82, 2.24) is 0 Å². The minimum Gasteiger partial charge on any atom is -0.384 e. The van der Waals surface area contributed by atoms with Crippen LogP contribution in [0.15, 0.2) is 18.2 Å². The Morgan fingerprint density at radius 1 is 1.53 bits per heavy atom. The number of carbonyl (C=O) groups is 1. The summed E-state index contributed by atoms with van der Waals surface area (Å²) in [6.07, 6.45) is 0. The zero-order chi connectivity index (χ0) is 13.1. The third-order valence-electron chi connectivity index (χ3n) is 2.75. The molecule has 0 aliphatic carbocycles. The van der Waals surface area contributed by atoms with Crippen molar-refractivity contribution in [1.29, 1.82) is 5.26 Å². The highest BCUT2D eigenvalue weighted by Crippen LogP contribution is 2.18. The number of hydrogen-bond acceptors (Lipinski definition) is 3. The Morgan fingerprint density at radius 3 is 2.65 bits per heavy atom. The van der Waals surface area contributed by atoms with Crippen LogP contribution in [0.4, 0.5) is 5.69 Å². The monoisotopic (exact) mass is 231 g/mol. The summed E-state index contributed by atoms with van der Waals surface area (Å²) in [7, 11) is 0. The lowest BCUT2D eigenvalue weighted by atomic mass is 9.92. The van der Waals surface area contributed by atoms with E-state index in [4.69, 9.17) is 11.0 Å². The number of aryl methyl sites for hydroxylation is 1. The number of nitriles is 1. The number of carbonyl (C=O) groups excluding carboxylic acids is 1. The summed E-state index contributed by atoms with van der Waals surface area (Å²) >= 11 is 0. The molecule has 0 heterocycles. The molecule has 4 nitrogen and oxygen atoms in total. The molecule has 90 valence electrons. The average molecular weight is 231 g/mol. The average Bonchev–Trinajstić information content (AvgIpc) is 2.26. The standard InChI is InChI=1S/C13H17N3O/c1-9-6-11(5-4-10(9)7-14)16-8-13(2,3)12(15)17/h4-6,16H,8H2,1-3H3,(H2,15,17). The van der Waals surface area contributed by atoms with Crippen molar-refractivity contribution in [2.24, 2.45) is 11.1 Å². The Bertz CT molecular complexity index is 472. The van der Waals surface area contributed by atoms with Crippen LogP contribution in [0.2, 0.25) is 0 Å². The van der Waals surface area contributed by atoms with E-state index in [0.717, 1.165) is 11.3 Å². The molecule has 0 saturated heterocycles. The van der Waals surface area contributed by atoms with Gasteiger partial charge in [-0.3, -0.25) is 4.79 Å². The molecule has 1 aromatic carbocycles. The van der Waals surface area contributed by atoms with Crippen molar-refractivity contribution in [2.45, 2.75) is 20.8 Å². The zero-order valence-corrected chi connectivity index (χ0v) is 10.4. The first-order chi connectivity index (χ1) is 7.86. The maximum atomic E-state index is 11.1. The molecule has 0 aliphatic rings. The highest BCUT2D eigenvalue weighted by atomic mass is 16.1. The Kier molecular flexibility index (Phi) is 3.74. The van der Waals surface area contributed by atoms with Gasteiger partial charge in [-0.2, -0.15) is 5.26 Å². The van der Waals surface area contributed by atoms with Crippen molar-refractivity contribution >= 4 is 11.6 Å². The zero-order valence-electron chi connectivity index (χ0n) is 10.4. The Hall–Kier alpha value is -2.02. The Labute approximate surface area is 101 Å². The number of nitrogens with zero attached hydrogens (tertiary/aromatic N) is 1. The topological polar surface area (TPSA) is 78.9 Å². The molecular formula is C13H17N3O. The fourth-order valence-electron chi connectivity index (χ4n) is 1.31. The van der Waals surface area contributed by atoms with Gasteiger partial charge in [-0.15, -0.1) is 0 Å². The number of rotatable bonds is 4. The van der Waals surface area contributed by atoms with Gasteiger partial charge in [0.15, 0.2) is 0 Å². The molecule has 0 atom stereocenters. The summed E-state index contributed by atoms with van der Waals surface area (Å²) in [6, 6.07) is 7.58. The summed E-state index contributed by atoms with van der Waals surface area (Å²) < 4.78 is 0. The van der Waals surface area contributed by atoms with E-state index >= 15 is 0 Å². The van der Waals surface area contributed by atoms with Gasteiger partial charge in [0.25, 0.3) is 0 Å². The van der Waals surface area contributed by atoms with Crippen LogP contribution < -0.4 is 11.1 Å². The molecule has 0 bridgehead atoms. The molecule has 4 heteroatoms. The van der Waals surface area contributed by atoms with E-state index in [1.165, 1.54) is 0 Å². The van der Waals surface area contributed by atoms with Crippen LogP contribution in [0.25, 0.3) is 0 Å². The van der Waals surface area contributed by atoms with Gasteiger partial charge in [-0.25, -0.2) is 0 Å². The minimum atomic E-state index is -0.595. The maximum absolute atomic E-state index is 11.1. The van der Waals surface area contributed by atoms with E-state index in [0.29, 0.717) is 12.1 Å². The van der Waals surface area contributed by atoms with Crippen molar-refractivity contribution in [3.8, 4) is 6.07 Å². The van der Waals surface area contributed by atoms with Gasteiger partial charge in [-0.05, 0) is 44.5 Å². The van der Waals surface area contributed by atoms with Gasteiger partial charge in [0.1, 0.15) is 0 Å². The lowest BCUT2D eigenvalue weighted by Crippen LogP contribution is -2.37. The number of primary amides is 1. The molecule has 3 N–H and O–H groups in total. The van der Waals surface area contributed by atoms with Crippen LogP contribution in [-0.2, 0) is 4.79 Å². The summed E-state index contributed by atoms with van der Waals surface area (Å²) in [6.45, 7) is 5.92.